The Kier molecular flexibility index (Phi) is 3.91. The van der Waals surface area contributed by atoms with Crippen LogP contribution in [0, 0.1) is 6.92 Å². The normalized spacial score (nSPS) is 22.4. The number of carbonyl (C=O) groups excluding carboxylic acids is 1. The summed E-state index contributed by atoms with van der Waals surface area (Å²) in [5.74, 6) is 0.798. The SMILES string of the molecule is Cc1noc(C(C)C)c1C(=O)N1CC(C)OCC1(C)C. The Morgan fingerprint density at radius 2 is 2.10 bits per heavy atom. The Balaban J connectivity index is 2.37. The van der Waals surface area contributed by atoms with E-state index in [2.05, 4.69) is 5.16 Å². The quantitative estimate of drug-likeness (QED) is 0.836. The fourth-order valence-corrected chi connectivity index (χ4v) is 2.52. The second-order valence-corrected chi connectivity index (χ2v) is 6.51. The molecule has 0 aliphatic carbocycles. The zero-order valence-corrected chi connectivity index (χ0v) is 13.2. The van der Waals surface area contributed by atoms with Gasteiger partial charge in [-0.3, -0.25) is 4.79 Å². The summed E-state index contributed by atoms with van der Waals surface area (Å²) < 4.78 is 11.0. The van der Waals surface area contributed by atoms with Crippen molar-refractivity contribution >= 4 is 5.91 Å². The molecule has 0 N–H and O–H groups in total. The summed E-state index contributed by atoms with van der Waals surface area (Å²) in [7, 11) is 0. The lowest BCUT2D eigenvalue weighted by Gasteiger charge is -2.44. The van der Waals surface area contributed by atoms with Crippen LogP contribution in [0.25, 0.3) is 0 Å². The van der Waals surface area contributed by atoms with Crippen molar-refractivity contribution in [2.45, 2.75) is 59.1 Å². The molecule has 1 atom stereocenters. The van der Waals surface area contributed by atoms with E-state index in [4.69, 9.17) is 9.26 Å². The summed E-state index contributed by atoms with van der Waals surface area (Å²) in [5, 5.41) is 3.97. The minimum Gasteiger partial charge on any atom is -0.374 e. The van der Waals surface area contributed by atoms with Crippen LogP contribution in [0.1, 0.15) is 62.3 Å². The molecule has 1 saturated heterocycles. The van der Waals surface area contributed by atoms with Gasteiger partial charge in [-0.25, -0.2) is 0 Å². The Labute approximate surface area is 120 Å². The molecular formula is C15H24N2O3. The predicted molar refractivity (Wildman–Crippen MR) is 75.9 cm³/mol. The number of ether oxygens (including phenoxy) is 1. The first-order valence-electron chi connectivity index (χ1n) is 7.13. The molecule has 1 aliphatic rings. The van der Waals surface area contributed by atoms with Gasteiger partial charge in [0.1, 0.15) is 5.56 Å². The van der Waals surface area contributed by atoms with Gasteiger partial charge in [-0.05, 0) is 27.7 Å². The van der Waals surface area contributed by atoms with Gasteiger partial charge in [-0.2, -0.15) is 0 Å². The second-order valence-electron chi connectivity index (χ2n) is 6.51. The predicted octanol–water partition coefficient (Wildman–Crippen LogP) is 2.75. The third-order valence-electron chi connectivity index (χ3n) is 3.76. The number of carbonyl (C=O) groups is 1. The maximum Gasteiger partial charge on any atom is 0.260 e. The number of aryl methyl sites for hydroxylation is 1. The Morgan fingerprint density at radius 3 is 2.70 bits per heavy atom. The van der Waals surface area contributed by atoms with E-state index in [0.717, 1.165) is 0 Å². The lowest BCUT2D eigenvalue weighted by atomic mass is 9.97. The molecule has 2 heterocycles. The molecule has 1 unspecified atom stereocenters. The van der Waals surface area contributed by atoms with Crippen LogP contribution in [0.3, 0.4) is 0 Å². The van der Waals surface area contributed by atoms with Crippen LogP contribution in [0.4, 0.5) is 0 Å². The third kappa shape index (κ3) is 2.59. The third-order valence-corrected chi connectivity index (χ3v) is 3.76. The van der Waals surface area contributed by atoms with Crippen LogP contribution in [0.5, 0.6) is 0 Å². The molecule has 0 aromatic carbocycles. The molecule has 20 heavy (non-hydrogen) atoms. The molecule has 1 aromatic heterocycles. The van der Waals surface area contributed by atoms with Gasteiger partial charge >= 0.3 is 0 Å². The van der Waals surface area contributed by atoms with Crippen LogP contribution in [0.15, 0.2) is 4.52 Å². The lowest BCUT2D eigenvalue weighted by molar-refractivity contribution is -0.0756. The van der Waals surface area contributed by atoms with Crippen molar-refractivity contribution < 1.29 is 14.1 Å². The zero-order valence-electron chi connectivity index (χ0n) is 13.2. The van der Waals surface area contributed by atoms with Crippen LogP contribution >= 0.6 is 0 Å². The summed E-state index contributed by atoms with van der Waals surface area (Å²) in [6, 6.07) is 0. The molecule has 5 nitrogen and oxygen atoms in total. The number of aromatic nitrogens is 1. The van der Waals surface area contributed by atoms with E-state index in [1.165, 1.54) is 0 Å². The zero-order chi connectivity index (χ0) is 15.1. The molecular weight excluding hydrogens is 256 g/mol. The van der Waals surface area contributed by atoms with Crippen LogP contribution in [-0.4, -0.2) is 40.8 Å². The average Bonchev–Trinajstić information content (AvgIpc) is 2.73. The molecule has 0 spiro atoms. The van der Waals surface area contributed by atoms with Crippen molar-refractivity contribution in [3.05, 3.63) is 17.0 Å². The van der Waals surface area contributed by atoms with Crippen molar-refractivity contribution in [2.75, 3.05) is 13.2 Å². The first kappa shape index (κ1) is 15.0. The molecule has 1 fully saturated rings. The molecule has 2 rings (SSSR count). The lowest BCUT2D eigenvalue weighted by Crippen LogP contribution is -2.58. The van der Waals surface area contributed by atoms with E-state index in [-0.39, 0.29) is 23.5 Å². The van der Waals surface area contributed by atoms with E-state index >= 15 is 0 Å². The minimum absolute atomic E-state index is 0.00685. The van der Waals surface area contributed by atoms with E-state index in [9.17, 15) is 4.79 Å². The monoisotopic (exact) mass is 280 g/mol. The molecule has 0 radical (unpaired) electrons. The van der Waals surface area contributed by atoms with Gasteiger partial charge in [-0.15, -0.1) is 0 Å². The molecule has 1 aromatic rings. The minimum atomic E-state index is -0.318. The molecule has 1 amide bonds. The summed E-state index contributed by atoms with van der Waals surface area (Å²) in [5.41, 5.74) is 0.956. The van der Waals surface area contributed by atoms with Gasteiger partial charge in [0.15, 0.2) is 5.76 Å². The number of amides is 1. The van der Waals surface area contributed by atoms with Gasteiger partial charge in [0.05, 0.1) is 23.9 Å². The van der Waals surface area contributed by atoms with E-state index in [1.54, 1.807) is 0 Å². The van der Waals surface area contributed by atoms with Crippen LogP contribution in [-0.2, 0) is 4.74 Å². The van der Waals surface area contributed by atoms with Crippen molar-refractivity contribution in [1.29, 1.82) is 0 Å². The van der Waals surface area contributed by atoms with Gasteiger partial charge in [0.2, 0.25) is 0 Å². The van der Waals surface area contributed by atoms with Crippen LogP contribution < -0.4 is 0 Å². The number of hydrogen-bond donors (Lipinski definition) is 0. The van der Waals surface area contributed by atoms with Crippen molar-refractivity contribution in [1.82, 2.24) is 10.1 Å². The number of morpholine rings is 1. The number of rotatable bonds is 2. The van der Waals surface area contributed by atoms with Crippen molar-refractivity contribution in [3.8, 4) is 0 Å². The highest BCUT2D eigenvalue weighted by atomic mass is 16.5. The number of hydrogen-bond acceptors (Lipinski definition) is 4. The van der Waals surface area contributed by atoms with Gasteiger partial charge in [-0.1, -0.05) is 19.0 Å². The number of nitrogens with zero attached hydrogens (tertiary/aromatic N) is 2. The average molecular weight is 280 g/mol. The smallest absolute Gasteiger partial charge is 0.260 e. The summed E-state index contributed by atoms with van der Waals surface area (Å²) in [4.78, 5) is 14.8. The Morgan fingerprint density at radius 1 is 1.45 bits per heavy atom. The van der Waals surface area contributed by atoms with Crippen molar-refractivity contribution in [2.24, 2.45) is 0 Å². The summed E-state index contributed by atoms with van der Waals surface area (Å²) >= 11 is 0. The highest BCUT2D eigenvalue weighted by Gasteiger charge is 2.39. The highest BCUT2D eigenvalue weighted by Crippen LogP contribution is 2.29. The Hall–Kier alpha value is -1.36. The Bertz CT molecular complexity index is 505. The molecule has 112 valence electrons. The molecule has 0 bridgehead atoms. The first-order valence-corrected chi connectivity index (χ1v) is 7.13. The molecule has 5 heteroatoms. The van der Waals surface area contributed by atoms with E-state index < -0.39 is 0 Å². The standard InChI is InChI=1S/C15H24N2O3/c1-9(2)13-12(11(4)16-20-13)14(18)17-7-10(3)19-8-15(17,5)6/h9-10H,7-8H2,1-6H3. The van der Waals surface area contributed by atoms with E-state index in [1.807, 2.05) is 46.4 Å². The fraction of sp³-hybridized carbons (Fsp3) is 0.733. The van der Waals surface area contributed by atoms with Gasteiger partial charge in [0.25, 0.3) is 5.91 Å². The summed E-state index contributed by atoms with van der Waals surface area (Å²) in [6.07, 6.45) is 0.0506. The van der Waals surface area contributed by atoms with Gasteiger partial charge < -0.3 is 14.2 Å². The van der Waals surface area contributed by atoms with E-state index in [0.29, 0.717) is 30.2 Å². The summed E-state index contributed by atoms with van der Waals surface area (Å²) in [6.45, 7) is 13.0. The van der Waals surface area contributed by atoms with Crippen LogP contribution in [0.2, 0.25) is 0 Å². The molecule has 1 aliphatic heterocycles. The largest absolute Gasteiger partial charge is 0.374 e. The topological polar surface area (TPSA) is 55.6 Å². The van der Waals surface area contributed by atoms with Gasteiger partial charge in [0, 0.05) is 12.5 Å². The fourth-order valence-electron chi connectivity index (χ4n) is 2.52. The maximum absolute atomic E-state index is 12.9. The first-order chi connectivity index (χ1) is 9.24. The van der Waals surface area contributed by atoms with Crippen molar-refractivity contribution in [3.63, 3.8) is 0 Å². The maximum atomic E-state index is 12.9. The highest BCUT2D eigenvalue weighted by molar-refractivity contribution is 5.96. The molecule has 0 saturated carbocycles. The second kappa shape index (κ2) is 5.20.